The summed E-state index contributed by atoms with van der Waals surface area (Å²) in [5, 5.41) is 2.52. The maximum atomic E-state index is 5.87. The zero-order valence-electron chi connectivity index (χ0n) is 9.76. The zero-order chi connectivity index (χ0) is 11.9. The van der Waals surface area contributed by atoms with Crippen molar-refractivity contribution in [1.82, 2.24) is 4.98 Å². The van der Waals surface area contributed by atoms with Crippen molar-refractivity contribution in [2.24, 2.45) is 0 Å². The van der Waals surface area contributed by atoms with Crippen LogP contribution in [0.4, 0.5) is 0 Å². The molecule has 0 aliphatic carbocycles. The molecule has 2 heterocycles. The Morgan fingerprint density at radius 3 is 2.89 bits per heavy atom. The van der Waals surface area contributed by atoms with Crippen molar-refractivity contribution in [2.75, 3.05) is 0 Å². The van der Waals surface area contributed by atoms with Crippen molar-refractivity contribution in [3.8, 4) is 11.6 Å². The van der Waals surface area contributed by atoms with Crippen LogP contribution in [0.2, 0.25) is 0 Å². The van der Waals surface area contributed by atoms with E-state index in [0.29, 0.717) is 0 Å². The molecule has 0 saturated carbocycles. The van der Waals surface area contributed by atoms with Crippen LogP contribution in [-0.2, 0) is 6.42 Å². The van der Waals surface area contributed by atoms with Gasteiger partial charge < -0.3 is 4.74 Å². The lowest BCUT2D eigenvalue weighted by Crippen LogP contribution is -2.04. The van der Waals surface area contributed by atoms with E-state index in [0.717, 1.165) is 23.6 Å². The highest BCUT2D eigenvalue weighted by Gasteiger charge is 2.19. The van der Waals surface area contributed by atoms with Gasteiger partial charge in [0.15, 0.2) is 0 Å². The second-order valence-electron chi connectivity index (χ2n) is 4.51. The summed E-state index contributed by atoms with van der Waals surface area (Å²) in [5.41, 5.74) is 2.41. The second kappa shape index (κ2) is 3.57. The summed E-state index contributed by atoms with van der Waals surface area (Å²) in [6.45, 7) is 0. The number of aromatic nitrogens is 1. The third kappa shape index (κ3) is 1.32. The van der Waals surface area contributed by atoms with Crippen LogP contribution in [0.1, 0.15) is 11.1 Å². The fourth-order valence-electron chi connectivity index (χ4n) is 2.54. The Bertz CT molecular complexity index is 749. The van der Waals surface area contributed by atoms with Gasteiger partial charge in [0.2, 0.25) is 5.88 Å². The molecule has 4 rings (SSSR count). The maximum absolute atomic E-state index is 5.87. The molecule has 1 aliphatic rings. The van der Waals surface area contributed by atoms with Gasteiger partial charge in [0.1, 0.15) is 5.75 Å². The molecule has 2 aromatic carbocycles. The Balaban J connectivity index is 1.98. The largest absolute Gasteiger partial charge is 0.438 e. The summed E-state index contributed by atoms with van der Waals surface area (Å²) in [6, 6.07) is 16.6. The normalized spacial score (nSPS) is 12.7. The number of pyridine rings is 1. The molecular formula is C16H11NO. The summed E-state index contributed by atoms with van der Waals surface area (Å²) >= 11 is 0. The fourth-order valence-corrected chi connectivity index (χ4v) is 2.54. The topological polar surface area (TPSA) is 22.1 Å². The van der Waals surface area contributed by atoms with E-state index in [9.17, 15) is 0 Å². The van der Waals surface area contributed by atoms with Crippen LogP contribution in [0.25, 0.3) is 10.8 Å². The Labute approximate surface area is 105 Å². The molecule has 3 aromatic rings. The zero-order valence-corrected chi connectivity index (χ0v) is 9.76. The minimum atomic E-state index is 0.736. The predicted octanol–water partition coefficient (Wildman–Crippen LogP) is 3.93. The fraction of sp³-hybridized carbons (Fsp3) is 0.0625. The summed E-state index contributed by atoms with van der Waals surface area (Å²) in [7, 11) is 0. The highest BCUT2D eigenvalue weighted by Crippen LogP contribution is 2.38. The summed E-state index contributed by atoms with van der Waals surface area (Å²) < 4.78 is 5.87. The average molecular weight is 233 g/mol. The first kappa shape index (κ1) is 9.66. The van der Waals surface area contributed by atoms with Crippen LogP contribution >= 0.6 is 0 Å². The van der Waals surface area contributed by atoms with E-state index in [-0.39, 0.29) is 0 Å². The van der Waals surface area contributed by atoms with Gasteiger partial charge in [0.05, 0.1) is 0 Å². The van der Waals surface area contributed by atoms with E-state index in [1.807, 2.05) is 12.1 Å². The van der Waals surface area contributed by atoms with Crippen LogP contribution in [0, 0.1) is 0 Å². The smallest absolute Gasteiger partial charge is 0.222 e. The van der Waals surface area contributed by atoms with E-state index in [4.69, 9.17) is 4.74 Å². The number of fused-ring (bicyclic) bond motifs is 4. The van der Waals surface area contributed by atoms with Gasteiger partial charge in [-0.2, -0.15) is 0 Å². The average Bonchev–Trinajstić information content (AvgIpc) is 2.45. The van der Waals surface area contributed by atoms with Crippen LogP contribution in [-0.4, -0.2) is 4.98 Å². The molecule has 0 fully saturated rings. The second-order valence-corrected chi connectivity index (χ2v) is 4.51. The number of rotatable bonds is 0. The van der Waals surface area contributed by atoms with Gasteiger partial charge in [-0.25, -0.2) is 4.98 Å². The highest BCUT2D eigenvalue weighted by atomic mass is 16.5. The SMILES string of the molecule is c1cnc2c(c1)Cc1c(ccc3ccccc13)O2. The van der Waals surface area contributed by atoms with Crippen molar-refractivity contribution < 1.29 is 4.74 Å². The number of nitrogens with zero attached hydrogens (tertiary/aromatic N) is 1. The van der Waals surface area contributed by atoms with E-state index in [1.165, 1.54) is 16.3 Å². The molecule has 0 N–H and O–H groups in total. The molecule has 18 heavy (non-hydrogen) atoms. The lowest BCUT2D eigenvalue weighted by molar-refractivity contribution is 0.442. The molecule has 1 aliphatic heterocycles. The monoisotopic (exact) mass is 233 g/mol. The minimum Gasteiger partial charge on any atom is -0.438 e. The first-order valence-electron chi connectivity index (χ1n) is 6.04. The van der Waals surface area contributed by atoms with Gasteiger partial charge in [-0.05, 0) is 22.9 Å². The third-order valence-electron chi connectivity index (χ3n) is 3.42. The van der Waals surface area contributed by atoms with Gasteiger partial charge in [0.25, 0.3) is 0 Å². The molecule has 86 valence electrons. The highest BCUT2D eigenvalue weighted by molar-refractivity contribution is 5.88. The van der Waals surface area contributed by atoms with Crippen LogP contribution in [0.3, 0.4) is 0 Å². The summed E-state index contributed by atoms with van der Waals surface area (Å²) in [6.07, 6.45) is 2.66. The molecule has 2 heteroatoms. The lowest BCUT2D eigenvalue weighted by atomic mass is 9.96. The van der Waals surface area contributed by atoms with Gasteiger partial charge in [-0.1, -0.05) is 36.4 Å². The molecule has 1 aromatic heterocycles. The molecule has 0 amide bonds. The minimum absolute atomic E-state index is 0.736. The Morgan fingerprint density at radius 1 is 0.944 bits per heavy atom. The molecule has 0 unspecified atom stereocenters. The van der Waals surface area contributed by atoms with E-state index in [2.05, 4.69) is 41.4 Å². The summed E-state index contributed by atoms with van der Waals surface area (Å²) in [4.78, 5) is 4.28. The van der Waals surface area contributed by atoms with Gasteiger partial charge in [-0.15, -0.1) is 0 Å². The molecule has 0 bridgehead atoms. The molecule has 2 nitrogen and oxygen atoms in total. The number of benzene rings is 2. The first-order valence-corrected chi connectivity index (χ1v) is 6.04. The first-order chi connectivity index (χ1) is 8.92. The molecule has 0 spiro atoms. The third-order valence-corrected chi connectivity index (χ3v) is 3.42. The lowest BCUT2D eigenvalue weighted by Gasteiger charge is -2.20. The Kier molecular flexibility index (Phi) is 1.92. The molecule has 0 radical (unpaired) electrons. The van der Waals surface area contributed by atoms with Gasteiger partial charge >= 0.3 is 0 Å². The Hall–Kier alpha value is -2.35. The van der Waals surface area contributed by atoms with Crippen molar-refractivity contribution in [3.05, 3.63) is 65.9 Å². The standard InChI is InChI=1S/C16H11NO/c1-2-6-13-11(4-1)7-8-15-14(13)10-12-5-3-9-17-16(12)18-15/h1-9H,10H2. The molecule has 0 atom stereocenters. The van der Waals surface area contributed by atoms with Crippen molar-refractivity contribution in [2.45, 2.75) is 6.42 Å². The van der Waals surface area contributed by atoms with E-state index in [1.54, 1.807) is 6.20 Å². The van der Waals surface area contributed by atoms with Crippen molar-refractivity contribution in [1.29, 1.82) is 0 Å². The summed E-state index contributed by atoms with van der Waals surface area (Å²) in [5.74, 6) is 1.67. The van der Waals surface area contributed by atoms with Crippen molar-refractivity contribution in [3.63, 3.8) is 0 Å². The van der Waals surface area contributed by atoms with Gasteiger partial charge in [-0.3, -0.25) is 0 Å². The number of hydrogen-bond acceptors (Lipinski definition) is 2. The number of ether oxygens (including phenoxy) is 1. The predicted molar refractivity (Wildman–Crippen MR) is 71.1 cm³/mol. The molecular weight excluding hydrogens is 222 g/mol. The van der Waals surface area contributed by atoms with Crippen LogP contribution < -0.4 is 4.74 Å². The van der Waals surface area contributed by atoms with E-state index >= 15 is 0 Å². The maximum Gasteiger partial charge on any atom is 0.222 e. The molecule has 0 saturated heterocycles. The Morgan fingerprint density at radius 2 is 1.89 bits per heavy atom. The van der Waals surface area contributed by atoms with Crippen LogP contribution in [0.15, 0.2) is 54.7 Å². The van der Waals surface area contributed by atoms with Crippen molar-refractivity contribution >= 4 is 10.8 Å². The van der Waals surface area contributed by atoms with Gasteiger partial charge in [0, 0.05) is 23.7 Å². The van der Waals surface area contributed by atoms with Crippen LogP contribution in [0.5, 0.6) is 11.6 Å². The van der Waals surface area contributed by atoms with E-state index < -0.39 is 0 Å². The quantitative estimate of drug-likeness (QED) is 0.459. The number of hydrogen-bond donors (Lipinski definition) is 0.